The van der Waals surface area contributed by atoms with Crippen molar-refractivity contribution in [1.29, 1.82) is 0 Å². The average molecular weight is 373 g/mol. The maximum absolute atomic E-state index is 12.8. The molecule has 0 saturated heterocycles. The van der Waals surface area contributed by atoms with E-state index in [1.165, 1.54) is 21.3 Å². The van der Waals surface area contributed by atoms with Gasteiger partial charge in [0.1, 0.15) is 0 Å². The molecule has 27 heavy (non-hydrogen) atoms. The summed E-state index contributed by atoms with van der Waals surface area (Å²) in [5.41, 5.74) is 2.21. The molecule has 0 aliphatic carbocycles. The zero-order valence-corrected chi connectivity index (χ0v) is 16.2. The molecule has 1 atom stereocenters. The van der Waals surface area contributed by atoms with Gasteiger partial charge in [-0.1, -0.05) is 30.3 Å². The monoisotopic (exact) mass is 373 g/mol. The molecule has 0 fully saturated rings. The van der Waals surface area contributed by atoms with Crippen LogP contribution in [0.1, 0.15) is 33.8 Å². The summed E-state index contributed by atoms with van der Waals surface area (Å²) < 4.78 is 16.1. The van der Waals surface area contributed by atoms with Crippen LogP contribution in [0.2, 0.25) is 0 Å². The summed E-state index contributed by atoms with van der Waals surface area (Å²) in [7, 11) is 4.57. The van der Waals surface area contributed by atoms with Crippen LogP contribution >= 0.6 is 0 Å². The van der Waals surface area contributed by atoms with Crippen LogP contribution < -0.4 is 19.5 Å². The molecule has 2 N–H and O–H groups in total. The lowest BCUT2D eigenvalue weighted by Crippen LogP contribution is -2.29. The molecule has 0 aliphatic rings. The first kappa shape index (κ1) is 20.6. The van der Waals surface area contributed by atoms with E-state index >= 15 is 0 Å². The Hall–Kier alpha value is -2.73. The van der Waals surface area contributed by atoms with Gasteiger partial charge in [-0.3, -0.25) is 4.79 Å². The van der Waals surface area contributed by atoms with Crippen molar-refractivity contribution in [2.75, 3.05) is 34.5 Å². The Morgan fingerprint density at radius 2 is 1.74 bits per heavy atom. The molecular formula is C21H27NO5. The Bertz CT molecular complexity index is 761. The highest BCUT2D eigenvalue weighted by atomic mass is 16.5. The van der Waals surface area contributed by atoms with Gasteiger partial charge in [0.15, 0.2) is 11.5 Å². The molecule has 146 valence electrons. The van der Waals surface area contributed by atoms with Gasteiger partial charge in [-0.2, -0.15) is 0 Å². The molecule has 0 aromatic heterocycles. The molecule has 0 aliphatic heterocycles. The number of hydrogen-bond donors (Lipinski definition) is 2. The fourth-order valence-electron chi connectivity index (χ4n) is 3.11. The van der Waals surface area contributed by atoms with E-state index in [2.05, 4.69) is 5.32 Å². The van der Waals surface area contributed by atoms with Crippen molar-refractivity contribution >= 4 is 5.91 Å². The highest BCUT2D eigenvalue weighted by Gasteiger charge is 2.22. The van der Waals surface area contributed by atoms with Crippen molar-refractivity contribution in [3.63, 3.8) is 0 Å². The third kappa shape index (κ3) is 4.71. The van der Waals surface area contributed by atoms with E-state index in [1.807, 2.05) is 30.3 Å². The van der Waals surface area contributed by atoms with Gasteiger partial charge in [0.25, 0.3) is 5.91 Å². The number of aliphatic hydroxyl groups excluding tert-OH is 1. The Morgan fingerprint density at radius 1 is 1.07 bits per heavy atom. The van der Waals surface area contributed by atoms with E-state index in [4.69, 9.17) is 14.2 Å². The Morgan fingerprint density at radius 3 is 2.30 bits per heavy atom. The topological polar surface area (TPSA) is 77.0 Å². The van der Waals surface area contributed by atoms with Crippen LogP contribution in [0, 0.1) is 6.92 Å². The molecule has 0 radical (unpaired) electrons. The van der Waals surface area contributed by atoms with Crippen LogP contribution in [0.25, 0.3) is 0 Å². The fraction of sp³-hybridized carbons (Fsp3) is 0.381. The standard InChI is InChI=1S/C21H27NO5/c1-14-17(12-18(25-2)20(27-4)19(14)26-3)21(24)22-13-16(10-11-23)15-8-6-5-7-9-15/h5-9,12,16,23H,10-11,13H2,1-4H3,(H,22,24). The number of rotatable bonds is 9. The van der Waals surface area contributed by atoms with E-state index in [-0.39, 0.29) is 18.4 Å². The largest absolute Gasteiger partial charge is 0.493 e. The van der Waals surface area contributed by atoms with Crippen LogP contribution in [-0.2, 0) is 0 Å². The zero-order chi connectivity index (χ0) is 19.8. The van der Waals surface area contributed by atoms with Gasteiger partial charge in [-0.15, -0.1) is 0 Å². The molecule has 6 heteroatoms. The number of aliphatic hydroxyl groups is 1. The molecule has 0 saturated carbocycles. The molecule has 1 amide bonds. The minimum atomic E-state index is -0.231. The van der Waals surface area contributed by atoms with Crippen LogP contribution in [0.15, 0.2) is 36.4 Å². The summed E-state index contributed by atoms with van der Waals surface area (Å²) in [5.74, 6) is 1.15. The second kappa shape index (κ2) is 9.83. The second-order valence-electron chi connectivity index (χ2n) is 6.15. The molecule has 0 heterocycles. The number of hydrogen-bond acceptors (Lipinski definition) is 5. The number of carbonyl (C=O) groups excluding carboxylic acids is 1. The molecule has 2 aromatic rings. The van der Waals surface area contributed by atoms with Gasteiger partial charge in [0, 0.05) is 30.2 Å². The van der Waals surface area contributed by atoms with E-state index in [0.717, 1.165) is 5.56 Å². The van der Waals surface area contributed by atoms with Gasteiger partial charge in [-0.05, 0) is 25.0 Å². The van der Waals surface area contributed by atoms with Gasteiger partial charge in [0.2, 0.25) is 5.75 Å². The number of benzene rings is 2. The van der Waals surface area contributed by atoms with E-state index < -0.39 is 0 Å². The maximum Gasteiger partial charge on any atom is 0.251 e. The van der Waals surface area contributed by atoms with Gasteiger partial charge in [0.05, 0.1) is 21.3 Å². The molecule has 2 rings (SSSR count). The van der Waals surface area contributed by atoms with Crippen molar-refractivity contribution in [3.05, 3.63) is 53.1 Å². The molecule has 0 spiro atoms. The van der Waals surface area contributed by atoms with Crippen molar-refractivity contribution in [1.82, 2.24) is 5.32 Å². The first-order valence-corrected chi connectivity index (χ1v) is 8.80. The summed E-state index contributed by atoms with van der Waals surface area (Å²) in [5, 5.41) is 12.3. The van der Waals surface area contributed by atoms with Gasteiger partial charge in [-0.25, -0.2) is 0 Å². The molecule has 2 aromatic carbocycles. The Labute approximate surface area is 160 Å². The quantitative estimate of drug-likeness (QED) is 0.707. The average Bonchev–Trinajstić information content (AvgIpc) is 2.70. The molecular weight excluding hydrogens is 346 g/mol. The highest BCUT2D eigenvalue weighted by Crippen LogP contribution is 2.41. The number of nitrogens with one attached hydrogen (secondary N) is 1. The summed E-state index contributed by atoms with van der Waals surface area (Å²) in [6.07, 6.45) is 0.568. The lowest BCUT2D eigenvalue weighted by atomic mass is 9.95. The van der Waals surface area contributed by atoms with E-state index in [1.54, 1.807) is 13.0 Å². The minimum absolute atomic E-state index is 0.0301. The first-order chi connectivity index (χ1) is 13.1. The highest BCUT2D eigenvalue weighted by molar-refractivity contribution is 5.97. The van der Waals surface area contributed by atoms with Gasteiger partial charge < -0.3 is 24.6 Å². The first-order valence-electron chi connectivity index (χ1n) is 8.80. The molecule has 6 nitrogen and oxygen atoms in total. The number of carbonyl (C=O) groups is 1. The normalized spacial score (nSPS) is 11.6. The predicted octanol–water partition coefficient (Wildman–Crippen LogP) is 2.92. The lowest BCUT2D eigenvalue weighted by Gasteiger charge is -2.20. The minimum Gasteiger partial charge on any atom is -0.493 e. The third-order valence-electron chi connectivity index (χ3n) is 4.58. The Kier molecular flexibility index (Phi) is 7.49. The van der Waals surface area contributed by atoms with E-state index in [0.29, 0.717) is 41.3 Å². The fourth-order valence-corrected chi connectivity index (χ4v) is 3.11. The number of ether oxygens (including phenoxy) is 3. The summed E-state index contributed by atoms with van der Waals surface area (Å²) >= 11 is 0. The van der Waals surface area contributed by atoms with Crippen LogP contribution in [-0.4, -0.2) is 45.5 Å². The summed E-state index contributed by atoms with van der Waals surface area (Å²) in [4.78, 5) is 12.8. The molecule has 0 bridgehead atoms. The maximum atomic E-state index is 12.8. The van der Waals surface area contributed by atoms with Crippen LogP contribution in [0.4, 0.5) is 0 Å². The van der Waals surface area contributed by atoms with Crippen molar-refractivity contribution in [2.45, 2.75) is 19.3 Å². The second-order valence-corrected chi connectivity index (χ2v) is 6.15. The van der Waals surface area contributed by atoms with Crippen molar-refractivity contribution < 1.29 is 24.1 Å². The smallest absolute Gasteiger partial charge is 0.251 e. The zero-order valence-electron chi connectivity index (χ0n) is 16.2. The van der Waals surface area contributed by atoms with Gasteiger partial charge >= 0.3 is 0 Å². The van der Waals surface area contributed by atoms with Crippen LogP contribution in [0.5, 0.6) is 17.2 Å². The Balaban J connectivity index is 2.24. The number of amides is 1. The van der Waals surface area contributed by atoms with E-state index in [9.17, 15) is 9.90 Å². The SMILES string of the molecule is COc1cc(C(=O)NCC(CCO)c2ccccc2)c(C)c(OC)c1OC. The van der Waals surface area contributed by atoms with Crippen molar-refractivity contribution in [2.24, 2.45) is 0 Å². The summed E-state index contributed by atoms with van der Waals surface area (Å²) in [6, 6.07) is 11.5. The lowest BCUT2D eigenvalue weighted by molar-refractivity contribution is 0.0947. The summed E-state index contributed by atoms with van der Waals surface area (Å²) in [6.45, 7) is 2.27. The van der Waals surface area contributed by atoms with Crippen LogP contribution in [0.3, 0.4) is 0 Å². The predicted molar refractivity (Wildman–Crippen MR) is 104 cm³/mol. The third-order valence-corrected chi connectivity index (χ3v) is 4.58. The molecule has 1 unspecified atom stereocenters. The van der Waals surface area contributed by atoms with Crippen molar-refractivity contribution in [3.8, 4) is 17.2 Å². The number of methoxy groups -OCH3 is 3.